The molecular formula is C15H13N3O2. The highest BCUT2D eigenvalue weighted by atomic mass is 16.3. The SMILES string of the molecule is Oc1cccc(-c2cncc(NCc3ccco3)n2)c1. The van der Waals surface area contributed by atoms with Gasteiger partial charge in [0.1, 0.15) is 17.3 Å². The third-order valence-corrected chi connectivity index (χ3v) is 2.80. The van der Waals surface area contributed by atoms with E-state index in [4.69, 9.17) is 4.42 Å². The van der Waals surface area contributed by atoms with Gasteiger partial charge >= 0.3 is 0 Å². The highest BCUT2D eigenvalue weighted by Gasteiger charge is 2.03. The normalized spacial score (nSPS) is 10.4. The van der Waals surface area contributed by atoms with E-state index in [0.717, 1.165) is 11.3 Å². The molecule has 0 saturated heterocycles. The number of rotatable bonds is 4. The van der Waals surface area contributed by atoms with Gasteiger partial charge in [-0.3, -0.25) is 4.98 Å². The second kappa shape index (κ2) is 5.44. The van der Waals surface area contributed by atoms with Crippen LogP contribution in [0.3, 0.4) is 0 Å². The Morgan fingerprint density at radius 2 is 2.10 bits per heavy atom. The minimum absolute atomic E-state index is 0.207. The van der Waals surface area contributed by atoms with E-state index in [1.807, 2.05) is 18.2 Å². The third kappa shape index (κ3) is 2.77. The summed E-state index contributed by atoms with van der Waals surface area (Å²) < 4.78 is 5.24. The largest absolute Gasteiger partial charge is 0.508 e. The zero-order valence-electron chi connectivity index (χ0n) is 10.7. The molecule has 0 unspecified atom stereocenters. The van der Waals surface area contributed by atoms with E-state index in [0.29, 0.717) is 18.1 Å². The maximum absolute atomic E-state index is 9.50. The Hall–Kier alpha value is -2.82. The summed E-state index contributed by atoms with van der Waals surface area (Å²) in [4.78, 5) is 8.61. The Morgan fingerprint density at radius 3 is 2.90 bits per heavy atom. The van der Waals surface area contributed by atoms with Gasteiger partial charge in [0.2, 0.25) is 0 Å². The van der Waals surface area contributed by atoms with E-state index < -0.39 is 0 Å². The van der Waals surface area contributed by atoms with Crippen molar-refractivity contribution >= 4 is 5.82 Å². The molecule has 3 aromatic rings. The topological polar surface area (TPSA) is 71.2 Å². The smallest absolute Gasteiger partial charge is 0.145 e. The van der Waals surface area contributed by atoms with Crippen LogP contribution in [0.2, 0.25) is 0 Å². The molecule has 0 aliphatic rings. The zero-order chi connectivity index (χ0) is 13.8. The zero-order valence-corrected chi connectivity index (χ0v) is 10.7. The van der Waals surface area contributed by atoms with Crippen molar-refractivity contribution in [2.45, 2.75) is 6.54 Å². The van der Waals surface area contributed by atoms with Crippen LogP contribution in [0.25, 0.3) is 11.3 Å². The van der Waals surface area contributed by atoms with Gasteiger partial charge in [0, 0.05) is 5.56 Å². The van der Waals surface area contributed by atoms with Gasteiger partial charge < -0.3 is 14.8 Å². The Kier molecular flexibility index (Phi) is 3.33. The predicted molar refractivity (Wildman–Crippen MR) is 75.2 cm³/mol. The van der Waals surface area contributed by atoms with E-state index in [-0.39, 0.29) is 5.75 Å². The van der Waals surface area contributed by atoms with Crippen molar-refractivity contribution in [1.82, 2.24) is 9.97 Å². The summed E-state index contributed by atoms with van der Waals surface area (Å²) in [7, 11) is 0. The molecule has 0 atom stereocenters. The van der Waals surface area contributed by atoms with Crippen LogP contribution in [0.15, 0.2) is 59.5 Å². The number of hydrogen-bond acceptors (Lipinski definition) is 5. The van der Waals surface area contributed by atoms with Gasteiger partial charge in [0.05, 0.1) is 30.9 Å². The second-order valence-corrected chi connectivity index (χ2v) is 4.27. The molecule has 1 aromatic carbocycles. The summed E-state index contributed by atoms with van der Waals surface area (Å²) in [5, 5.41) is 12.6. The van der Waals surface area contributed by atoms with Crippen molar-refractivity contribution in [2.24, 2.45) is 0 Å². The summed E-state index contributed by atoms with van der Waals surface area (Å²) >= 11 is 0. The van der Waals surface area contributed by atoms with Crippen molar-refractivity contribution in [2.75, 3.05) is 5.32 Å². The van der Waals surface area contributed by atoms with Crippen LogP contribution in [0.4, 0.5) is 5.82 Å². The maximum atomic E-state index is 9.50. The first-order valence-corrected chi connectivity index (χ1v) is 6.19. The molecule has 0 radical (unpaired) electrons. The number of aromatic hydroxyl groups is 1. The van der Waals surface area contributed by atoms with Crippen molar-refractivity contribution in [3.8, 4) is 17.0 Å². The molecule has 3 rings (SSSR count). The van der Waals surface area contributed by atoms with Gasteiger partial charge in [-0.05, 0) is 24.3 Å². The van der Waals surface area contributed by atoms with E-state index in [1.165, 1.54) is 0 Å². The molecule has 5 heteroatoms. The van der Waals surface area contributed by atoms with Gasteiger partial charge in [0.15, 0.2) is 0 Å². The molecule has 0 spiro atoms. The predicted octanol–water partition coefficient (Wildman–Crippen LogP) is 3.05. The van der Waals surface area contributed by atoms with Crippen LogP contribution < -0.4 is 5.32 Å². The van der Waals surface area contributed by atoms with Crippen molar-refractivity contribution in [3.05, 3.63) is 60.8 Å². The fourth-order valence-corrected chi connectivity index (χ4v) is 1.85. The van der Waals surface area contributed by atoms with E-state index in [1.54, 1.807) is 36.9 Å². The maximum Gasteiger partial charge on any atom is 0.145 e. The average molecular weight is 267 g/mol. The Balaban J connectivity index is 1.79. The number of nitrogens with one attached hydrogen (secondary N) is 1. The fraction of sp³-hybridized carbons (Fsp3) is 0.0667. The van der Waals surface area contributed by atoms with Crippen molar-refractivity contribution in [3.63, 3.8) is 0 Å². The van der Waals surface area contributed by atoms with Crippen molar-refractivity contribution in [1.29, 1.82) is 0 Å². The molecule has 0 bridgehead atoms. The quantitative estimate of drug-likeness (QED) is 0.760. The summed E-state index contributed by atoms with van der Waals surface area (Å²) in [5.74, 6) is 1.69. The van der Waals surface area contributed by atoms with E-state index >= 15 is 0 Å². The lowest BCUT2D eigenvalue weighted by Crippen LogP contribution is -2.01. The minimum atomic E-state index is 0.207. The van der Waals surface area contributed by atoms with Gasteiger partial charge in [-0.15, -0.1) is 0 Å². The standard InChI is InChI=1S/C15H13N3O2/c19-12-4-1-3-11(7-12)14-9-16-10-15(18-14)17-8-13-5-2-6-20-13/h1-7,9-10,19H,8H2,(H,17,18). The molecule has 2 aromatic heterocycles. The molecule has 0 fully saturated rings. The van der Waals surface area contributed by atoms with Gasteiger partial charge in [-0.1, -0.05) is 12.1 Å². The molecule has 0 aliphatic heterocycles. The molecular weight excluding hydrogens is 254 g/mol. The minimum Gasteiger partial charge on any atom is -0.508 e. The van der Waals surface area contributed by atoms with Gasteiger partial charge in [0.25, 0.3) is 0 Å². The Bertz CT molecular complexity index is 696. The molecule has 100 valence electrons. The Morgan fingerprint density at radius 1 is 1.15 bits per heavy atom. The highest BCUT2D eigenvalue weighted by molar-refractivity contribution is 5.61. The summed E-state index contributed by atoms with van der Waals surface area (Å²) in [6, 6.07) is 10.6. The second-order valence-electron chi connectivity index (χ2n) is 4.27. The lowest BCUT2D eigenvalue weighted by atomic mass is 10.1. The van der Waals surface area contributed by atoms with E-state index in [2.05, 4.69) is 15.3 Å². The van der Waals surface area contributed by atoms with Crippen LogP contribution in [-0.4, -0.2) is 15.1 Å². The first kappa shape index (κ1) is 12.2. The number of anilines is 1. The Labute approximate surface area is 115 Å². The molecule has 5 nitrogen and oxygen atoms in total. The van der Waals surface area contributed by atoms with Crippen LogP contribution in [0.5, 0.6) is 5.75 Å². The molecule has 2 heterocycles. The molecule has 0 aliphatic carbocycles. The monoisotopic (exact) mass is 267 g/mol. The number of furan rings is 1. The number of aromatic nitrogens is 2. The number of benzene rings is 1. The summed E-state index contributed by atoms with van der Waals surface area (Å²) in [6.45, 7) is 0.547. The van der Waals surface area contributed by atoms with Crippen LogP contribution in [0.1, 0.15) is 5.76 Å². The number of phenols is 1. The molecule has 20 heavy (non-hydrogen) atoms. The highest BCUT2D eigenvalue weighted by Crippen LogP contribution is 2.21. The average Bonchev–Trinajstić information content (AvgIpc) is 2.99. The summed E-state index contributed by atoms with van der Waals surface area (Å²) in [6.07, 6.45) is 4.94. The molecule has 0 saturated carbocycles. The number of nitrogens with zero attached hydrogens (tertiary/aromatic N) is 2. The van der Waals surface area contributed by atoms with Crippen molar-refractivity contribution < 1.29 is 9.52 Å². The first-order chi connectivity index (χ1) is 9.81. The van der Waals surface area contributed by atoms with Crippen LogP contribution >= 0.6 is 0 Å². The molecule has 2 N–H and O–H groups in total. The summed E-state index contributed by atoms with van der Waals surface area (Å²) in [5.41, 5.74) is 1.52. The number of hydrogen-bond donors (Lipinski definition) is 2. The van der Waals surface area contributed by atoms with Gasteiger partial charge in [-0.2, -0.15) is 0 Å². The lowest BCUT2D eigenvalue weighted by Gasteiger charge is -2.06. The van der Waals surface area contributed by atoms with Gasteiger partial charge in [-0.25, -0.2) is 4.98 Å². The molecule has 0 amide bonds. The fourth-order valence-electron chi connectivity index (χ4n) is 1.85. The van der Waals surface area contributed by atoms with Crippen LogP contribution in [-0.2, 0) is 6.54 Å². The van der Waals surface area contributed by atoms with Crippen LogP contribution in [0, 0.1) is 0 Å². The number of phenolic OH excluding ortho intramolecular Hbond substituents is 1. The first-order valence-electron chi connectivity index (χ1n) is 6.19. The third-order valence-electron chi connectivity index (χ3n) is 2.80. The van der Waals surface area contributed by atoms with E-state index in [9.17, 15) is 5.11 Å². The lowest BCUT2D eigenvalue weighted by molar-refractivity contribution is 0.475.